The first-order valence-corrected chi connectivity index (χ1v) is 16.5. The van der Waals surface area contributed by atoms with Crippen LogP contribution in [0.5, 0.6) is 0 Å². The molecule has 0 radical (unpaired) electrons. The van der Waals surface area contributed by atoms with Crippen molar-refractivity contribution < 1.29 is 0 Å². The van der Waals surface area contributed by atoms with Crippen LogP contribution in [0.1, 0.15) is 0 Å². The molecule has 0 unspecified atom stereocenters. The third kappa shape index (κ3) is 3.30. The van der Waals surface area contributed by atoms with E-state index in [-0.39, 0.29) is 0 Å². The minimum absolute atomic E-state index is 1.14. The van der Waals surface area contributed by atoms with Crippen LogP contribution in [0.15, 0.2) is 164 Å². The van der Waals surface area contributed by atoms with Gasteiger partial charge in [0.2, 0.25) is 0 Å². The third-order valence-electron chi connectivity index (χ3n) is 10.3. The molecule has 0 bridgehead atoms. The molecule has 222 valence electrons. The number of hydrogen-bond donors (Lipinski definition) is 0. The zero-order chi connectivity index (χ0) is 31.3. The van der Waals surface area contributed by atoms with Gasteiger partial charge in [-0.05, 0) is 80.2 Å². The number of aromatic nitrogens is 3. The van der Waals surface area contributed by atoms with E-state index in [1.54, 1.807) is 0 Å². The molecule has 3 heterocycles. The van der Waals surface area contributed by atoms with E-state index in [9.17, 15) is 0 Å². The van der Waals surface area contributed by atoms with Gasteiger partial charge in [0.1, 0.15) is 0 Å². The highest BCUT2D eigenvalue weighted by Crippen LogP contribution is 2.47. The summed E-state index contributed by atoms with van der Waals surface area (Å²) < 4.78 is 4.94. The molecule has 0 aliphatic carbocycles. The van der Waals surface area contributed by atoms with Gasteiger partial charge in [0, 0.05) is 50.7 Å². The van der Waals surface area contributed by atoms with Gasteiger partial charge in [-0.15, -0.1) is 0 Å². The van der Waals surface area contributed by atoms with Gasteiger partial charge in [0.25, 0.3) is 0 Å². The summed E-state index contributed by atoms with van der Waals surface area (Å²) in [6.45, 7) is 0. The summed E-state index contributed by atoms with van der Waals surface area (Å²) in [5, 5.41) is 15.0. The van der Waals surface area contributed by atoms with Crippen molar-refractivity contribution in [2.45, 2.75) is 0 Å². The predicted octanol–water partition coefficient (Wildman–Crippen LogP) is 11.9. The van der Waals surface area contributed by atoms with E-state index < -0.39 is 0 Å². The summed E-state index contributed by atoms with van der Waals surface area (Å²) in [7, 11) is 0. The summed E-state index contributed by atoms with van der Waals surface area (Å²) in [6.07, 6.45) is 3.98. The smallest absolute Gasteiger partial charge is 0.0656 e. The molecule has 3 aromatic heterocycles. The molecule has 0 amide bonds. The SMILES string of the molecule is c1ccc(-n2c3ccccc3c3c2c2cnccc2c2c4ccccc4n(-c4ccc5c6ccccc6c6ccccc6c5c4)c23)cc1. The average molecular weight is 610 g/mol. The molecule has 48 heavy (non-hydrogen) atoms. The van der Waals surface area contributed by atoms with E-state index in [0.29, 0.717) is 0 Å². The molecule has 0 fully saturated rings. The second-order valence-electron chi connectivity index (χ2n) is 12.7. The van der Waals surface area contributed by atoms with Gasteiger partial charge in [-0.1, -0.05) is 109 Å². The van der Waals surface area contributed by atoms with Gasteiger partial charge >= 0.3 is 0 Å². The van der Waals surface area contributed by atoms with Crippen molar-refractivity contribution in [3.63, 3.8) is 0 Å². The molecule has 0 saturated heterocycles. The van der Waals surface area contributed by atoms with Crippen molar-refractivity contribution in [1.29, 1.82) is 0 Å². The normalized spacial score (nSPS) is 12.2. The standard InChI is InChI=1S/C45H27N3/c1-2-12-28(13-3-1)47-41-21-11-9-19-37(41)43-44(47)39-27-46-25-24-35(39)42-36-18-8-10-20-40(36)48(45(42)43)29-22-23-34-32-16-5-4-14-30(32)31-15-6-7-17-33(31)38(34)26-29/h1-27H. The Morgan fingerprint density at radius 3 is 1.52 bits per heavy atom. The molecule has 11 aromatic rings. The van der Waals surface area contributed by atoms with Crippen molar-refractivity contribution in [3.8, 4) is 11.4 Å². The van der Waals surface area contributed by atoms with Crippen LogP contribution >= 0.6 is 0 Å². The number of benzene rings is 8. The van der Waals surface area contributed by atoms with Crippen molar-refractivity contribution >= 4 is 86.7 Å². The minimum atomic E-state index is 1.14. The Bertz CT molecular complexity index is 3070. The monoisotopic (exact) mass is 609 g/mol. The quantitative estimate of drug-likeness (QED) is 0.179. The van der Waals surface area contributed by atoms with Crippen molar-refractivity contribution in [3.05, 3.63) is 164 Å². The van der Waals surface area contributed by atoms with Crippen LogP contribution in [0.25, 0.3) is 98.1 Å². The van der Waals surface area contributed by atoms with Crippen LogP contribution in [0.4, 0.5) is 0 Å². The molecule has 3 heteroatoms. The highest BCUT2D eigenvalue weighted by Gasteiger charge is 2.24. The first-order chi connectivity index (χ1) is 23.9. The number of fused-ring (bicyclic) bond motifs is 16. The number of para-hydroxylation sites is 3. The first-order valence-electron chi connectivity index (χ1n) is 16.5. The fourth-order valence-electron chi connectivity index (χ4n) is 8.43. The zero-order valence-electron chi connectivity index (χ0n) is 25.9. The van der Waals surface area contributed by atoms with Gasteiger partial charge < -0.3 is 9.13 Å². The van der Waals surface area contributed by atoms with E-state index in [2.05, 4.69) is 172 Å². The van der Waals surface area contributed by atoms with E-state index in [4.69, 9.17) is 0 Å². The molecule has 0 spiro atoms. The Labute approximate surface area is 275 Å². The molecule has 0 aliphatic heterocycles. The van der Waals surface area contributed by atoms with Crippen LogP contribution < -0.4 is 0 Å². The maximum Gasteiger partial charge on any atom is 0.0656 e. The van der Waals surface area contributed by atoms with Crippen LogP contribution in [-0.2, 0) is 0 Å². The van der Waals surface area contributed by atoms with E-state index in [0.717, 1.165) is 16.8 Å². The number of pyridine rings is 1. The maximum atomic E-state index is 4.69. The molecule has 11 rings (SSSR count). The fourth-order valence-corrected chi connectivity index (χ4v) is 8.43. The summed E-state index contributed by atoms with van der Waals surface area (Å²) in [5.74, 6) is 0. The lowest BCUT2D eigenvalue weighted by atomic mass is 9.94. The van der Waals surface area contributed by atoms with Crippen LogP contribution in [-0.4, -0.2) is 14.1 Å². The molecule has 0 atom stereocenters. The van der Waals surface area contributed by atoms with Crippen molar-refractivity contribution in [2.24, 2.45) is 0 Å². The lowest BCUT2D eigenvalue weighted by molar-refractivity contribution is 1.18. The summed E-state index contributed by atoms with van der Waals surface area (Å²) in [4.78, 5) is 4.69. The second-order valence-corrected chi connectivity index (χ2v) is 12.7. The van der Waals surface area contributed by atoms with Gasteiger partial charge in [0.05, 0.1) is 22.1 Å². The van der Waals surface area contributed by atoms with E-state index >= 15 is 0 Å². The Hall–Kier alpha value is -6.45. The Morgan fingerprint density at radius 2 is 0.854 bits per heavy atom. The van der Waals surface area contributed by atoms with Gasteiger partial charge in [0.15, 0.2) is 0 Å². The lowest BCUT2D eigenvalue weighted by Gasteiger charge is -2.15. The zero-order valence-corrected chi connectivity index (χ0v) is 25.9. The molecule has 3 nitrogen and oxygen atoms in total. The Morgan fingerprint density at radius 1 is 0.333 bits per heavy atom. The number of hydrogen-bond acceptors (Lipinski definition) is 1. The predicted molar refractivity (Wildman–Crippen MR) is 203 cm³/mol. The topological polar surface area (TPSA) is 22.8 Å². The highest BCUT2D eigenvalue weighted by molar-refractivity contribution is 6.36. The average Bonchev–Trinajstić information content (AvgIpc) is 3.69. The summed E-state index contributed by atoms with van der Waals surface area (Å²) in [5.41, 5.74) is 7.07. The highest BCUT2D eigenvalue weighted by atomic mass is 15.0. The van der Waals surface area contributed by atoms with E-state index in [1.807, 2.05) is 6.20 Å². The second kappa shape index (κ2) is 9.54. The number of nitrogens with zero attached hydrogens (tertiary/aromatic N) is 3. The first kappa shape index (κ1) is 25.7. The van der Waals surface area contributed by atoms with Gasteiger partial charge in [-0.2, -0.15) is 0 Å². The third-order valence-corrected chi connectivity index (χ3v) is 10.3. The molecule has 8 aromatic carbocycles. The van der Waals surface area contributed by atoms with E-state index in [1.165, 1.54) is 81.3 Å². The molecular weight excluding hydrogens is 583 g/mol. The van der Waals surface area contributed by atoms with Gasteiger partial charge in [-0.3, -0.25) is 4.98 Å². The maximum absolute atomic E-state index is 4.69. The molecule has 0 N–H and O–H groups in total. The largest absolute Gasteiger partial charge is 0.308 e. The Kier molecular flexibility index (Phi) is 5.11. The summed E-state index contributed by atoms with van der Waals surface area (Å²) >= 11 is 0. The fraction of sp³-hybridized carbons (Fsp3) is 0. The van der Waals surface area contributed by atoms with Crippen LogP contribution in [0.2, 0.25) is 0 Å². The van der Waals surface area contributed by atoms with Gasteiger partial charge in [-0.25, -0.2) is 0 Å². The summed E-state index contributed by atoms with van der Waals surface area (Å²) in [6, 6.07) is 55.3. The van der Waals surface area contributed by atoms with Crippen molar-refractivity contribution in [2.75, 3.05) is 0 Å². The molecule has 0 aliphatic rings. The minimum Gasteiger partial charge on any atom is -0.308 e. The van der Waals surface area contributed by atoms with Crippen LogP contribution in [0.3, 0.4) is 0 Å². The lowest BCUT2D eigenvalue weighted by Crippen LogP contribution is -1.97. The molecular formula is C45H27N3. The molecule has 0 saturated carbocycles. The van der Waals surface area contributed by atoms with Crippen molar-refractivity contribution in [1.82, 2.24) is 14.1 Å². The Balaban J connectivity index is 1.40. The number of rotatable bonds is 2. The van der Waals surface area contributed by atoms with Crippen LogP contribution in [0, 0.1) is 0 Å².